The summed E-state index contributed by atoms with van der Waals surface area (Å²) in [6, 6.07) is 5.46. The zero-order chi connectivity index (χ0) is 22.8. The lowest BCUT2D eigenvalue weighted by Crippen LogP contribution is -2.34. The van der Waals surface area contributed by atoms with Crippen LogP contribution in [0.15, 0.2) is 24.0 Å². The summed E-state index contributed by atoms with van der Waals surface area (Å²) in [5.41, 5.74) is 2.89. The van der Waals surface area contributed by atoms with E-state index in [4.69, 9.17) is 28.4 Å². The van der Waals surface area contributed by atoms with Crippen molar-refractivity contribution >= 4 is 11.9 Å². The Balaban J connectivity index is 1.73. The van der Waals surface area contributed by atoms with E-state index in [0.29, 0.717) is 54.0 Å². The Morgan fingerprint density at radius 3 is 2.56 bits per heavy atom. The molecular weight excluding hydrogens is 414 g/mol. The second-order valence-electron chi connectivity index (χ2n) is 7.56. The van der Waals surface area contributed by atoms with Crippen LogP contribution in [0.2, 0.25) is 0 Å². The van der Waals surface area contributed by atoms with Crippen molar-refractivity contribution in [2.45, 2.75) is 13.5 Å². The van der Waals surface area contributed by atoms with E-state index in [1.54, 1.807) is 32.4 Å². The van der Waals surface area contributed by atoms with E-state index in [9.17, 15) is 4.79 Å². The van der Waals surface area contributed by atoms with Crippen LogP contribution in [0.25, 0.3) is 6.08 Å². The molecule has 0 atom stereocenters. The fourth-order valence-electron chi connectivity index (χ4n) is 4.02. The standard InChI is InChI=1S/C24H27NO7/c1-14-10-18-16(12-25(13-31-18)8-9-27-2)23-20(14)21(26)19(32-23)11-15-6-7-17(28-3)24(30-5)22(15)29-4/h6-7,10-11H,8-9,12-13H2,1-5H3/b19-11-. The number of ether oxygens (including phenoxy) is 6. The maximum absolute atomic E-state index is 13.3. The predicted molar refractivity (Wildman–Crippen MR) is 118 cm³/mol. The number of hydrogen-bond acceptors (Lipinski definition) is 8. The average molecular weight is 441 g/mol. The highest BCUT2D eigenvalue weighted by Gasteiger charge is 2.35. The van der Waals surface area contributed by atoms with E-state index in [2.05, 4.69) is 4.90 Å². The Labute approximate surface area is 187 Å². The molecule has 0 fully saturated rings. The molecule has 0 amide bonds. The van der Waals surface area contributed by atoms with Crippen molar-refractivity contribution in [3.63, 3.8) is 0 Å². The smallest absolute Gasteiger partial charge is 0.232 e. The molecule has 8 nitrogen and oxygen atoms in total. The Morgan fingerprint density at radius 1 is 1.09 bits per heavy atom. The van der Waals surface area contributed by atoms with Crippen LogP contribution in [-0.2, 0) is 11.3 Å². The molecule has 2 aliphatic rings. The summed E-state index contributed by atoms with van der Waals surface area (Å²) >= 11 is 0. The number of ketones is 1. The molecule has 0 radical (unpaired) electrons. The first-order chi connectivity index (χ1) is 15.5. The molecule has 32 heavy (non-hydrogen) atoms. The Hall–Kier alpha value is -3.23. The fourth-order valence-corrected chi connectivity index (χ4v) is 4.02. The third-order valence-electron chi connectivity index (χ3n) is 5.62. The quantitative estimate of drug-likeness (QED) is 0.605. The van der Waals surface area contributed by atoms with Gasteiger partial charge in [0.1, 0.15) is 18.2 Å². The van der Waals surface area contributed by atoms with E-state index >= 15 is 0 Å². The van der Waals surface area contributed by atoms with Crippen LogP contribution in [0.3, 0.4) is 0 Å². The van der Waals surface area contributed by atoms with Crippen molar-refractivity contribution in [3.05, 3.63) is 46.2 Å². The van der Waals surface area contributed by atoms with Crippen molar-refractivity contribution in [2.24, 2.45) is 0 Å². The second kappa shape index (κ2) is 9.10. The Morgan fingerprint density at radius 2 is 1.88 bits per heavy atom. The average Bonchev–Trinajstić information content (AvgIpc) is 3.14. The second-order valence-corrected chi connectivity index (χ2v) is 7.56. The summed E-state index contributed by atoms with van der Waals surface area (Å²) in [5.74, 6) is 2.78. The van der Waals surface area contributed by atoms with E-state index in [1.165, 1.54) is 14.2 Å². The van der Waals surface area contributed by atoms with Crippen molar-refractivity contribution in [3.8, 4) is 28.7 Å². The number of benzene rings is 2. The monoisotopic (exact) mass is 441 g/mol. The molecule has 170 valence electrons. The summed E-state index contributed by atoms with van der Waals surface area (Å²) in [5, 5.41) is 0. The van der Waals surface area contributed by atoms with Gasteiger partial charge >= 0.3 is 0 Å². The molecule has 0 saturated heterocycles. The lowest BCUT2D eigenvalue weighted by atomic mass is 9.98. The molecule has 2 heterocycles. The largest absolute Gasteiger partial charge is 0.493 e. The predicted octanol–water partition coefficient (Wildman–Crippen LogP) is 3.44. The number of rotatable bonds is 7. The minimum atomic E-state index is -0.175. The number of hydrogen-bond donors (Lipinski definition) is 0. The Kier molecular flexibility index (Phi) is 6.25. The van der Waals surface area contributed by atoms with Gasteiger partial charge in [-0.15, -0.1) is 0 Å². The van der Waals surface area contributed by atoms with Gasteiger partial charge in [-0.25, -0.2) is 0 Å². The van der Waals surface area contributed by atoms with Crippen molar-refractivity contribution in [1.82, 2.24) is 4.90 Å². The zero-order valence-electron chi connectivity index (χ0n) is 18.9. The lowest BCUT2D eigenvalue weighted by Gasteiger charge is -2.29. The third-order valence-corrected chi connectivity index (χ3v) is 5.62. The molecule has 0 aliphatic carbocycles. The number of Topliss-reactive ketones (excluding diaryl/α,β-unsaturated/α-hetero) is 1. The van der Waals surface area contributed by atoms with Crippen molar-refractivity contribution in [2.75, 3.05) is 48.3 Å². The number of carbonyl (C=O) groups excluding carboxylic acids is 1. The summed E-state index contributed by atoms with van der Waals surface area (Å²) < 4.78 is 33.6. The first kappa shape index (κ1) is 22.0. The van der Waals surface area contributed by atoms with Gasteiger partial charge in [-0.3, -0.25) is 9.69 Å². The molecule has 2 aromatic rings. The summed E-state index contributed by atoms with van der Waals surface area (Å²) in [4.78, 5) is 15.4. The highest BCUT2D eigenvalue weighted by Crippen LogP contribution is 2.45. The normalized spacial score (nSPS) is 16.3. The van der Waals surface area contributed by atoms with E-state index in [0.717, 1.165) is 23.4 Å². The summed E-state index contributed by atoms with van der Waals surface area (Å²) in [7, 11) is 6.30. The van der Waals surface area contributed by atoms with Gasteiger partial charge in [0.2, 0.25) is 11.5 Å². The number of aryl methyl sites for hydroxylation is 1. The molecule has 0 N–H and O–H groups in total. The summed E-state index contributed by atoms with van der Waals surface area (Å²) in [6.07, 6.45) is 1.67. The maximum Gasteiger partial charge on any atom is 0.232 e. The maximum atomic E-state index is 13.3. The molecule has 2 aromatic carbocycles. The molecule has 4 rings (SSSR count). The van der Waals surface area contributed by atoms with Crippen LogP contribution in [0.5, 0.6) is 28.7 Å². The number of nitrogens with zero attached hydrogens (tertiary/aromatic N) is 1. The van der Waals surface area contributed by atoms with Gasteiger partial charge in [-0.05, 0) is 36.8 Å². The van der Waals surface area contributed by atoms with Gasteiger partial charge in [-0.1, -0.05) is 0 Å². The van der Waals surface area contributed by atoms with Gasteiger partial charge in [0.25, 0.3) is 0 Å². The van der Waals surface area contributed by atoms with E-state index in [1.807, 2.05) is 13.0 Å². The number of methoxy groups -OCH3 is 4. The van der Waals surface area contributed by atoms with Gasteiger partial charge in [0, 0.05) is 25.8 Å². The highest BCUT2D eigenvalue weighted by molar-refractivity contribution is 6.16. The van der Waals surface area contributed by atoms with E-state index in [-0.39, 0.29) is 11.5 Å². The minimum Gasteiger partial charge on any atom is -0.493 e. The molecule has 2 aliphatic heterocycles. The molecular formula is C24H27NO7. The number of allylic oxidation sites excluding steroid dienone is 1. The van der Waals surface area contributed by atoms with Crippen LogP contribution in [0.4, 0.5) is 0 Å². The molecule has 8 heteroatoms. The SMILES string of the molecule is COCCN1COc2cc(C)c3c(c2C1)O/C(=C\c1ccc(OC)c(OC)c1OC)C3=O. The van der Waals surface area contributed by atoms with Gasteiger partial charge in [0.05, 0.1) is 39.1 Å². The van der Waals surface area contributed by atoms with Crippen LogP contribution in [-0.4, -0.2) is 59.0 Å². The van der Waals surface area contributed by atoms with Crippen LogP contribution < -0.4 is 23.7 Å². The lowest BCUT2D eigenvalue weighted by molar-refractivity contribution is 0.0646. The zero-order valence-corrected chi connectivity index (χ0v) is 18.9. The van der Waals surface area contributed by atoms with Crippen LogP contribution in [0.1, 0.15) is 27.0 Å². The van der Waals surface area contributed by atoms with Gasteiger partial charge < -0.3 is 28.4 Å². The van der Waals surface area contributed by atoms with Gasteiger partial charge in [0.15, 0.2) is 17.3 Å². The first-order valence-corrected chi connectivity index (χ1v) is 10.3. The first-order valence-electron chi connectivity index (χ1n) is 10.3. The highest BCUT2D eigenvalue weighted by atomic mass is 16.5. The van der Waals surface area contributed by atoms with Crippen molar-refractivity contribution in [1.29, 1.82) is 0 Å². The topological polar surface area (TPSA) is 75.7 Å². The molecule has 0 aromatic heterocycles. The molecule has 0 unspecified atom stereocenters. The molecule has 0 spiro atoms. The third kappa shape index (κ3) is 3.76. The number of fused-ring (bicyclic) bond motifs is 3. The minimum absolute atomic E-state index is 0.175. The van der Waals surface area contributed by atoms with Crippen LogP contribution in [0, 0.1) is 6.92 Å². The summed E-state index contributed by atoms with van der Waals surface area (Å²) in [6.45, 7) is 4.28. The molecule has 0 bridgehead atoms. The fraction of sp³-hybridized carbons (Fsp3) is 0.375. The van der Waals surface area contributed by atoms with Gasteiger partial charge in [-0.2, -0.15) is 0 Å². The van der Waals surface area contributed by atoms with Crippen LogP contribution >= 0.6 is 0 Å². The Bertz CT molecular complexity index is 1080. The number of carbonyl (C=O) groups is 1. The van der Waals surface area contributed by atoms with Crippen molar-refractivity contribution < 1.29 is 33.2 Å². The molecule has 0 saturated carbocycles. The van der Waals surface area contributed by atoms with E-state index < -0.39 is 0 Å².